The average molecular weight is 729 g/mol. The topological polar surface area (TPSA) is 168 Å². The molecule has 0 amide bonds. The fourth-order valence-corrected chi connectivity index (χ4v) is 9.70. The van der Waals surface area contributed by atoms with Crippen molar-refractivity contribution in [1.29, 1.82) is 0 Å². The zero-order valence-corrected chi connectivity index (χ0v) is 28.5. The Bertz CT molecular complexity index is 2540. The summed E-state index contributed by atoms with van der Waals surface area (Å²) in [6.07, 6.45) is 6.31. The van der Waals surface area contributed by atoms with Crippen molar-refractivity contribution in [1.82, 2.24) is 34.2 Å². The van der Waals surface area contributed by atoms with Crippen LogP contribution in [0.3, 0.4) is 0 Å². The van der Waals surface area contributed by atoms with Gasteiger partial charge < -0.3 is 5.21 Å². The molecule has 0 saturated heterocycles. The quantitative estimate of drug-likeness (QED) is 0.155. The molecule has 246 valence electrons. The van der Waals surface area contributed by atoms with Gasteiger partial charge in [-0.3, -0.25) is 4.98 Å². The number of sulfone groups is 2. The summed E-state index contributed by atoms with van der Waals surface area (Å²) in [4.78, 5) is 13.9. The van der Waals surface area contributed by atoms with Crippen LogP contribution in [0.2, 0.25) is 0 Å². The highest BCUT2D eigenvalue weighted by atomic mass is 32.2. The van der Waals surface area contributed by atoms with Crippen LogP contribution in [-0.2, 0) is 31.2 Å². The molecule has 2 aromatic carbocycles. The van der Waals surface area contributed by atoms with Crippen LogP contribution in [0.25, 0.3) is 32.7 Å². The maximum atomic E-state index is 12.5. The van der Waals surface area contributed by atoms with Crippen LogP contribution < -0.4 is 4.73 Å². The van der Waals surface area contributed by atoms with Crippen molar-refractivity contribution in [3.05, 3.63) is 138 Å². The highest BCUT2D eigenvalue weighted by Crippen LogP contribution is 2.26. The first-order valence-corrected chi connectivity index (χ1v) is 19.4. The van der Waals surface area contributed by atoms with Crippen molar-refractivity contribution in [3.8, 4) is 22.8 Å². The molecule has 6 heterocycles. The molecule has 8 rings (SSSR count). The van der Waals surface area contributed by atoms with Crippen LogP contribution in [0.5, 0.6) is 0 Å². The minimum Gasteiger partial charge on any atom is -0.618 e. The average Bonchev–Trinajstić information content (AvgIpc) is 3.87. The number of hydrogen-bond donors (Lipinski definition) is 0. The van der Waals surface area contributed by atoms with Gasteiger partial charge in [-0.05, 0) is 29.3 Å². The molecule has 0 unspecified atom stereocenters. The van der Waals surface area contributed by atoms with Crippen molar-refractivity contribution in [3.63, 3.8) is 0 Å². The second kappa shape index (κ2) is 13.3. The minimum absolute atomic E-state index is 0.00784. The predicted molar refractivity (Wildman–Crippen MR) is 184 cm³/mol. The van der Waals surface area contributed by atoms with Gasteiger partial charge in [-0.2, -0.15) is 4.73 Å². The Morgan fingerprint density at radius 2 is 1.12 bits per heavy atom. The smallest absolute Gasteiger partial charge is 0.244 e. The van der Waals surface area contributed by atoms with Gasteiger partial charge in [-0.15, -0.1) is 10.2 Å². The molecule has 0 aliphatic heterocycles. The molecule has 17 heteroatoms. The van der Waals surface area contributed by atoms with Gasteiger partial charge in [0.05, 0.1) is 29.6 Å². The first-order valence-electron chi connectivity index (χ1n) is 14.5. The van der Waals surface area contributed by atoms with Crippen LogP contribution in [-0.4, -0.2) is 51.0 Å². The van der Waals surface area contributed by atoms with Gasteiger partial charge in [0.1, 0.15) is 5.69 Å². The molecule has 49 heavy (non-hydrogen) atoms. The van der Waals surface area contributed by atoms with Gasteiger partial charge in [0.15, 0.2) is 11.9 Å². The number of rotatable bonds is 8. The van der Waals surface area contributed by atoms with E-state index in [4.69, 9.17) is 0 Å². The monoisotopic (exact) mass is 728 g/mol. The van der Waals surface area contributed by atoms with Crippen molar-refractivity contribution >= 4 is 52.3 Å². The van der Waals surface area contributed by atoms with Gasteiger partial charge in [0.25, 0.3) is 0 Å². The fourth-order valence-electron chi connectivity index (χ4n) is 4.71. The van der Waals surface area contributed by atoms with E-state index in [0.717, 1.165) is 33.9 Å². The van der Waals surface area contributed by atoms with E-state index in [1.807, 2.05) is 42.5 Å². The van der Waals surface area contributed by atoms with Crippen LogP contribution in [0, 0.1) is 5.21 Å². The molecule has 0 bridgehead atoms. The van der Waals surface area contributed by atoms with Crippen LogP contribution in [0.4, 0.5) is 0 Å². The van der Waals surface area contributed by atoms with Crippen LogP contribution in [0.1, 0.15) is 11.1 Å². The lowest BCUT2D eigenvalue weighted by molar-refractivity contribution is -0.593. The van der Waals surface area contributed by atoms with Crippen LogP contribution in [0.15, 0.2) is 131 Å². The predicted octanol–water partition coefficient (Wildman–Crippen LogP) is 4.89. The summed E-state index contributed by atoms with van der Waals surface area (Å²) >= 11 is 2.05. The molecule has 13 nitrogen and oxygen atoms in total. The first kappa shape index (κ1) is 32.2. The Balaban J connectivity index is 0.000000154. The fraction of sp³-hybridized carbons (Fsp3) is 0.0625. The summed E-state index contributed by atoms with van der Waals surface area (Å²) in [5.41, 5.74) is 3.66. The standard InChI is InChI=1S/C16H12N4O3S2.C16H12N4O2S2/c21-20-9-5-4-8-14(20)13-10-19-15(17-13)24-16(18-19)25(22,23)11-12-6-2-1-3-7-12;21-24(22,11-12-6-2-1-3-7-12)16-19-20-10-14(18-15(20)23-16)13-8-4-5-9-17-13/h1-10H,11H2;1-10H,11H2. The van der Waals surface area contributed by atoms with E-state index in [1.54, 1.807) is 73.2 Å². The van der Waals surface area contributed by atoms with E-state index in [-0.39, 0.29) is 20.2 Å². The van der Waals surface area contributed by atoms with Gasteiger partial charge in [-0.25, -0.2) is 35.8 Å². The van der Waals surface area contributed by atoms with Crippen molar-refractivity contribution < 1.29 is 21.6 Å². The zero-order valence-electron chi connectivity index (χ0n) is 25.2. The number of aromatic nitrogens is 8. The highest BCUT2D eigenvalue weighted by Gasteiger charge is 2.24. The molecule has 0 N–H and O–H groups in total. The van der Waals surface area contributed by atoms with Crippen molar-refractivity contribution in [2.24, 2.45) is 0 Å². The lowest BCUT2D eigenvalue weighted by Crippen LogP contribution is -2.27. The number of benzene rings is 2. The highest BCUT2D eigenvalue weighted by molar-refractivity contribution is 7.93. The molecule has 0 atom stereocenters. The third-order valence-electron chi connectivity index (χ3n) is 6.99. The Morgan fingerprint density at radius 3 is 1.63 bits per heavy atom. The largest absolute Gasteiger partial charge is 0.618 e. The number of fused-ring (bicyclic) bond motifs is 2. The van der Waals surface area contributed by atoms with Gasteiger partial charge >= 0.3 is 0 Å². The maximum absolute atomic E-state index is 12.5. The van der Waals surface area contributed by atoms with Crippen molar-refractivity contribution in [2.45, 2.75) is 20.2 Å². The van der Waals surface area contributed by atoms with Crippen molar-refractivity contribution in [2.75, 3.05) is 0 Å². The van der Waals surface area contributed by atoms with E-state index in [1.165, 1.54) is 15.2 Å². The Hall–Kier alpha value is -5.36. The van der Waals surface area contributed by atoms with Gasteiger partial charge in [-0.1, -0.05) is 89.4 Å². The molecule has 0 aliphatic carbocycles. The molecular weight excluding hydrogens is 705 g/mol. The summed E-state index contributed by atoms with van der Waals surface area (Å²) in [6, 6.07) is 28.6. The number of nitrogens with zero attached hydrogens (tertiary/aromatic N) is 8. The molecule has 0 fully saturated rings. The molecule has 8 aromatic rings. The summed E-state index contributed by atoms with van der Waals surface area (Å²) < 4.78 is 53.8. The Kier molecular flexibility index (Phi) is 8.72. The molecule has 6 aromatic heterocycles. The number of imidazole rings is 2. The van der Waals surface area contributed by atoms with E-state index < -0.39 is 19.7 Å². The Labute approximate surface area is 287 Å². The molecule has 0 aliphatic rings. The summed E-state index contributed by atoms with van der Waals surface area (Å²) in [5.74, 6) is -0.186. The first-order chi connectivity index (χ1) is 23.6. The minimum atomic E-state index is -3.55. The van der Waals surface area contributed by atoms with E-state index in [9.17, 15) is 22.0 Å². The normalized spacial score (nSPS) is 11.8. The Morgan fingerprint density at radius 1 is 0.612 bits per heavy atom. The summed E-state index contributed by atoms with van der Waals surface area (Å²) in [5, 5.41) is 20.1. The van der Waals surface area contributed by atoms with E-state index in [2.05, 4.69) is 25.1 Å². The number of hydrogen-bond acceptors (Lipinski definition) is 12. The third kappa shape index (κ3) is 7.09. The lowest BCUT2D eigenvalue weighted by Gasteiger charge is -2.00. The zero-order chi connectivity index (χ0) is 34.0. The third-order valence-corrected chi connectivity index (χ3v) is 13.1. The molecule has 0 radical (unpaired) electrons. The van der Waals surface area contributed by atoms with Gasteiger partial charge in [0.2, 0.25) is 44.0 Å². The second-order valence-electron chi connectivity index (χ2n) is 10.6. The molecule has 0 spiro atoms. The second-order valence-corrected chi connectivity index (χ2v) is 16.8. The van der Waals surface area contributed by atoms with Crippen LogP contribution >= 0.6 is 22.7 Å². The maximum Gasteiger partial charge on any atom is 0.244 e. The number of pyridine rings is 2. The lowest BCUT2D eigenvalue weighted by atomic mass is 10.2. The molecular formula is C32H24N8O5S4. The van der Waals surface area contributed by atoms with E-state index >= 15 is 0 Å². The van der Waals surface area contributed by atoms with E-state index in [0.29, 0.717) is 37.3 Å². The summed E-state index contributed by atoms with van der Waals surface area (Å²) in [6.45, 7) is 0. The SMILES string of the molecule is O=S(=O)(Cc1ccccc1)c1nn2cc(-c3cccc[n+]3[O-])nc2s1.O=S(=O)(Cc1ccccc1)c1nn2cc(-c3ccccn3)nc2s1. The summed E-state index contributed by atoms with van der Waals surface area (Å²) in [7, 11) is -7.04. The van der Waals surface area contributed by atoms with Gasteiger partial charge in [0, 0.05) is 18.3 Å². The molecule has 0 saturated carbocycles.